The summed E-state index contributed by atoms with van der Waals surface area (Å²) in [6, 6.07) is 9.71. The first-order chi connectivity index (χ1) is 15.1. The van der Waals surface area contributed by atoms with Gasteiger partial charge in [0.15, 0.2) is 0 Å². The number of para-hydroxylation sites is 1. The van der Waals surface area contributed by atoms with Crippen LogP contribution >= 0.6 is 0 Å². The number of aromatic carboxylic acids is 1. The molecule has 0 atom stereocenters. The lowest BCUT2D eigenvalue weighted by Gasteiger charge is -2.10. The van der Waals surface area contributed by atoms with Crippen molar-refractivity contribution < 1.29 is 37.4 Å². The SMILES string of the molecule is O=C(Cc1ncc(C(=O)Nc2cccc(C(F)(F)F)c2)cn1)Oc1ccccc1C(=O)O. The highest BCUT2D eigenvalue weighted by Gasteiger charge is 2.30. The molecule has 164 valence electrons. The summed E-state index contributed by atoms with van der Waals surface area (Å²) in [4.78, 5) is 43.2. The number of carboxylic acids is 1. The van der Waals surface area contributed by atoms with Gasteiger partial charge in [-0.15, -0.1) is 0 Å². The van der Waals surface area contributed by atoms with Crippen molar-refractivity contribution in [2.24, 2.45) is 0 Å². The number of anilines is 1. The number of carboxylic acid groups (broad SMARTS) is 1. The highest BCUT2D eigenvalue weighted by molar-refractivity contribution is 6.03. The Bertz CT molecular complexity index is 1160. The Morgan fingerprint density at radius 1 is 1.00 bits per heavy atom. The van der Waals surface area contributed by atoms with E-state index < -0.39 is 36.0 Å². The number of carbonyl (C=O) groups excluding carboxylic acids is 2. The quantitative estimate of drug-likeness (QED) is 0.440. The number of benzene rings is 2. The van der Waals surface area contributed by atoms with Gasteiger partial charge in [-0.05, 0) is 30.3 Å². The van der Waals surface area contributed by atoms with Gasteiger partial charge in [0.1, 0.15) is 23.6 Å². The second kappa shape index (κ2) is 9.25. The lowest BCUT2D eigenvalue weighted by atomic mass is 10.2. The van der Waals surface area contributed by atoms with E-state index in [1.54, 1.807) is 0 Å². The molecule has 0 fully saturated rings. The van der Waals surface area contributed by atoms with E-state index in [0.29, 0.717) is 0 Å². The molecular weight excluding hydrogens is 431 g/mol. The molecular formula is C21H14F3N3O5. The van der Waals surface area contributed by atoms with Gasteiger partial charge in [-0.25, -0.2) is 14.8 Å². The fourth-order valence-corrected chi connectivity index (χ4v) is 2.56. The standard InChI is InChI=1S/C21H14F3N3O5/c22-21(23,24)13-4-3-5-14(8-13)27-19(29)12-10-25-17(26-11-12)9-18(28)32-16-7-2-1-6-15(16)20(30)31/h1-8,10-11H,9H2,(H,27,29)(H,30,31). The fourth-order valence-electron chi connectivity index (χ4n) is 2.56. The van der Waals surface area contributed by atoms with Crippen LogP contribution < -0.4 is 10.1 Å². The molecule has 1 amide bonds. The molecule has 0 bridgehead atoms. The van der Waals surface area contributed by atoms with Crippen LogP contribution in [0.1, 0.15) is 32.1 Å². The van der Waals surface area contributed by atoms with Gasteiger partial charge in [0.05, 0.1) is 11.1 Å². The van der Waals surface area contributed by atoms with Gasteiger partial charge in [0, 0.05) is 18.1 Å². The maximum atomic E-state index is 12.8. The molecule has 0 spiro atoms. The van der Waals surface area contributed by atoms with Crippen molar-refractivity contribution in [2.75, 3.05) is 5.32 Å². The maximum Gasteiger partial charge on any atom is 0.416 e. The van der Waals surface area contributed by atoms with E-state index in [4.69, 9.17) is 9.84 Å². The molecule has 3 aromatic rings. The summed E-state index contributed by atoms with van der Waals surface area (Å²) in [5, 5.41) is 11.4. The highest BCUT2D eigenvalue weighted by atomic mass is 19.4. The number of amides is 1. The largest absolute Gasteiger partial charge is 0.478 e. The number of hydrogen-bond acceptors (Lipinski definition) is 6. The Hall–Kier alpha value is -4.28. The predicted molar refractivity (Wildman–Crippen MR) is 104 cm³/mol. The zero-order chi connectivity index (χ0) is 23.3. The van der Waals surface area contributed by atoms with E-state index in [1.807, 2.05) is 0 Å². The zero-order valence-electron chi connectivity index (χ0n) is 16.1. The van der Waals surface area contributed by atoms with Gasteiger partial charge in [0.2, 0.25) is 0 Å². The number of carbonyl (C=O) groups is 3. The molecule has 1 heterocycles. The topological polar surface area (TPSA) is 118 Å². The normalized spacial score (nSPS) is 11.0. The summed E-state index contributed by atoms with van der Waals surface area (Å²) in [7, 11) is 0. The van der Waals surface area contributed by atoms with Crippen LogP contribution in [0.3, 0.4) is 0 Å². The molecule has 8 nitrogen and oxygen atoms in total. The number of hydrogen-bond donors (Lipinski definition) is 2. The summed E-state index contributed by atoms with van der Waals surface area (Å²) in [5.41, 5.74) is -1.21. The minimum atomic E-state index is -4.55. The van der Waals surface area contributed by atoms with E-state index in [-0.39, 0.29) is 28.4 Å². The van der Waals surface area contributed by atoms with Gasteiger partial charge in [-0.3, -0.25) is 9.59 Å². The van der Waals surface area contributed by atoms with Gasteiger partial charge in [-0.2, -0.15) is 13.2 Å². The number of alkyl halides is 3. The molecule has 0 unspecified atom stereocenters. The molecule has 0 aliphatic rings. The molecule has 0 saturated heterocycles. The van der Waals surface area contributed by atoms with E-state index in [0.717, 1.165) is 30.6 Å². The Morgan fingerprint density at radius 3 is 2.34 bits per heavy atom. The van der Waals surface area contributed by atoms with Crippen LogP contribution in [-0.4, -0.2) is 32.9 Å². The van der Waals surface area contributed by atoms with Crippen molar-refractivity contribution in [2.45, 2.75) is 12.6 Å². The molecule has 0 saturated carbocycles. The average molecular weight is 445 g/mol. The molecule has 0 aliphatic carbocycles. The van der Waals surface area contributed by atoms with Crippen LogP contribution in [0, 0.1) is 0 Å². The maximum absolute atomic E-state index is 12.8. The number of esters is 1. The Balaban J connectivity index is 1.63. The third-order valence-corrected chi connectivity index (χ3v) is 4.06. The lowest BCUT2D eigenvalue weighted by Crippen LogP contribution is -2.17. The molecule has 11 heteroatoms. The first kappa shape index (κ1) is 22.4. The average Bonchev–Trinajstić information content (AvgIpc) is 2.74. The van der Waals surface area contributed by atoms with E-state index in [9.17, 15) is 27.6 Å². The summed E-state index contributed by atoms with van der Waals surface area (Å²) >= 11 is 0. The van der Waals surface area contributed by atoms with Crippen molar-refractivity contribution >= 4 is 23.5 Å². The summed E-state index contributed by atoms with van der Waals surface area (Å²) in [6.07, 6.45) is -2.75. The zero-order valence-corrected chi connectivity index (χ0v) is 16.1. The third kappa shape index (κ3) is 5.65. The van der Waals surface area contributed by atoms with E-state index in [2.05, 4.69) is 15.3 Å². The number of ether oxygens (including phenoxy) is 1. The van der Waals surface area contributed by atoms with Gasteiger partial charge < -0.3 is 15.2 Å². The summed E-state index contributed by atoms with van der Waals surface area (Å²) in [6.45, 7) is 0. The van der Waals surface area contributed by atoms with Crippen molar-refractivity contribution in [1.29, 1.82) is 0 Å². The van der Waals surface area contributed by atoms with E-state index in [1.165, 1.54) is 30.3 Å². The Labute approximate surface area is 178 Å². The molecule has 2 aromatic carbocycles. The second-order valence-corrected chi connectivity index (χ2v) is 6.37. The fraction of sp³-hybridized carbons (Fsp3) is 0.0952. The molecule has 3 rings (SSSR count). The van der Waals surface area contributed by atoms with Crippen molar-refractivity contribution in [3.63, 3.8) is 0 Å². The number of nitrogens with zero attached hydrogens (tertiary/aromatic N) is 2. The van der Waals surface area contributed by atoms with Gasteiger partial charge in [-0.1, -0.05) is 18.2 Å². The first-order valence-corrected chi connectivity index (χ1v) is 8.96. The third-order valence-electron chi connectivity index (χ3n) is 4.06. The van der Waals surface area contributed by atoms with Crippen LogP contribution in [0.15, 0.2) is 60.9 Å². The van der Waals surface area contributed by atoms with Crippen LogP contribution in [0.4, 0.5) is 18.9 Å². The van der Waals surface area contributed by atoms with Crippen LogP contribution in [0.2, 0.25) is 0 Å². The molecule has 0 aliphatic heterocycles. The second-order valence-electron chi connectivity index (χ2n) is 6.37. The Kier molecular flexibility index (Phi) is 6.47. The van der Waals surface area contributed by atoms with Crippen LogP contribution in [0.25, 0.3) is 0 Å². The first-order valence-electron chi connectivity index (χ1n) is 8.96. The van der Waals surface area contributed by atoms with Crippen molar-refractivity contribution in [3.8, 4) is 5.75 Å². The minimum absolute atomic E-state index is 0.00146. The highest BCUT2D eigenvalue weighted by Crippen LogP contribution is 2.30. The van der Waals surface area contributed by atoms with E-state index >= 15 is 0 Å². The lowest BCUT2D eigenvalue weighted by molar-refractivity contribution is -0.137. The number of nitrogens with one attached hydrogen (secondary N) is 1. The molecule has 0 radical (unpaired) electrons. The predicted octanol–water partition coefficient (Wildman–Crippen LogP) is 3.59. The van der Waals surface area contributed by atoms with Gasteiger partial charge in [0.25, 0.3) is 5.91 Å². The molecule has 1 aromatic heterocycles. The Morgan fingerprint density at radius 2 is 1.69 bits per heavy atom. The number of halogens is 3. The van der Waals surface area contributed by atoms with Gasteiger partial charge >= 0.3 is 18.1 Å². The minimum Gasteiger partial charge on any atom is -0.478 e. The van der Waals surface area contributed by atoms with Crippen LogP contribution in [0.5, 0.6) is 5.75 Å². The number of aromatic nitrogens is 2. The van der Waals surface area contributed by atoms with Crippen LogP contribution in [-0.2, 0) is 17.4 Å². The van der Waals surface area contributed by atoms with Crippen molar-refractivity contribution in [1.82, 2.24) is 9.97 Å². The molecule has 32 heavy (non-hydrogen) atoms. The summed E-state index contributed by atoms with van der Waals surface area (Å²) < 4.78 is 43.4. The monoisotopic (exact) mass is 445 g/mol. The molecule has 2 N–H and O–H groups in total. The van der Waals surface area contributed by atoms with Crippen molar-refractivity contribution in [3.05, 3.63) is 83.4 Å². The smallest absolute Gasteiger partial charge is 0.416 e. The number of rotatable bonds is 6. The summed E-state index contributed by atoms with van der Waals surface area (Å²) in [5.74, 6) is -2.96.